The lowest BCUT2D eigenvalue weighted by Gasteiger charge is -2.31. The Kier molecular flexibility index (Phi) is 7.88. The molecule has 1 amide bonds. The molecule has 0 unspecified atom stereocenters. The molecule has 0 spiro atoms. The molecular weight excluding hydrogens is 376 g/mol. The Morgan fingerprint density at radius 1 is 1.35 bits per heavy atom. The lowest BCUT2D eigenvalue weighted by Crippen LogP contribution is -2.43. The number of rotatable bonds is 8. The average molecular weight is 403 g/mol. The van der Waals surface area contributed by atoms with Crippen molar-refractivity contribution < 1.29 is 17.9 Å². The fourth-order valence-electron chi connectivity index (χ4n) is 3.02. The number of nitrogens with zero attached hydrogens (tertiary/aromatic N) is 1. The number of sulfonamides is 1. The van der Waals surface area contributed by atoms with E-state index in [1.807, 2.05) is 6.92 Å². The first-order chi connectivity index (χ1) is 12.4. The number of carbonyl (C=O) groups excluding carboxylic acids is 1. The summed E-state index contributed by atoms with van der Waals surface area (Å²) in [7, 11) is -3.59. The fraction of sp³-hybridized carbons (Fsp3) is 0.611. The van der Waals surface area contributed by atoms with Crippen LogP contribution in [0.4, 0.5) is 0 Å². The molecule has 0 saturated carbocycles. The van der Waals surface area contributed by atoms with Crippen LogP contribution in [0.25, 0.3) is 0 Å². The van der Waals surface area contributed by atoms with Gasteiger partial charge in [0.2, 0.25) is 15.9 Å². The Morgan fingerprint density at radius 2 is 2.04 bits per heavy atom. The van der Waals surface area contributed by atoms with Gasteiger partial charge in [0.25, 0.3) is 0 Å². The number of piperidine rings is 1. The van der Waals surface area contributed by atoms with E-state index in [-0.39, 0.29) is 16.7 Å². The summed E-state index contributed by atoms with van der Waals surface area (Å²) < 4.78 is 32.4. The van der Waals surface area contributed by atoms with Gasteiger partial charge in [-0.2, -0.15) is 4.31 Å². The van der Waals surface area contributed by atoms with Crippen molar-refractivity contribution in [2.45, 2.75) is 38.0 Å². The van der Waals surface area contributed by atoms with E-state index in [0.717, 1.165) is 6.42 Å². The van der Waals surface area contributed by atoms with Gasteiger partial charge in [0.1, 0.15) is 0 Å². The van der Waals surface area contributed by atoms with Crippen molar-refractivity contribution in [2.75, 3.05) is 32.8 Å². The number of benzene rings is 1. The van der Waals surface area contributed by atoms with Gasteiger partial charge in [-0.05, 0) is 50.8 Å². The molecule has 1 aromatic carbocycles. The van der Waals surface area contributed by atoms with Gasteiger partial charge in [0, 0.05) is 43.8 Å². The Bertz CT molecular complexity index is 716. The summed E-state index contributed by atoms with van der Waals surface area (Å²) in [5.41, 5.74) is 0.670. The zero-order chi connectivity index (χ0) is 19.2. The minimum atomic E-state index is -3.59. The molecule has 0 radical (unpaired) electrons. The molecule has 1 aliphatic rings. The zero-order valence-electron chi connectivity index (χ0n) is 15.3. The van der Waals surface area contributed by atoms with Crippen LogP contribution >= 0.6 is 11.6 Å². The van der Waals surface area contributed by atoms with Gasteiger partial charge in [-0.25, -0.2) is 8.42 Å². The number of carbonyl (C=O) groups is 1. The van der Waals surface area contributed by atoms with Gasteiger partial charge in [-0.3, -0.25) is 4.79 Å². The maximum Gasteiger partial charge on any atom is 0.243 e. The number of aryl methyl sites for hydroxylation is 1. The van der Waals surface area contributed by atoms with Crippen LogP contribution in [0.15, 0.2) is 23.1 Å². The van der Waals surface area contributed by atoms with E-state index in [0.29, 0.717) is 56.3 Å². The van der Waals surface area contributed by atoms with Crippen LogP contribution in [0.3, 0.4) is 0 Å². The highest BCUT2D eigenvalue weighted by atomic mass is 35.5. The van der Waals surface area contributed by atoms with Crippen LogP contribution in [0.1, 0.15) is 31.7 Å². The molecule has 2 rings (SSSR count). The third-order valence-electron chi connectivity index (χ3n) is 4.56. The Hall–Kier alpha value is -1.15. The highest BCUT2D eigenvalue weighted by Crippen LogP contribution is 2.27. The molecule has 1 saturated heterocycles. The van der Waals surface area contributed by atoms with Crippen LogP contribution in [0.5, 0.6) is 0 Å². The molecule has 8 heteroatoms. The molecule has 1 aliphatic heterocycles. The highest BCUT2D eigenvalue weighted by Gasteiger charge is 2.32. The third kappa shape index (κ3) is 5.42. The average Bonchev–Trinajstić information content (AvgIpc) is 2.63. The number of hydrogen-bond acceptors (Lipinski definition) is 4. The molecule has 6 nitrogen and oxygen atoms in total. The molecule has 0 atom stereocenters. The van der Waals surface area contributed by atoms with Gasteiger partial charge in [-0.1, -0.05) is 17.7 Å². The molecule has 0 aliphatic carbocycles. The van der Waals surface area contributed by atoms with Crippen molar-refractivity contribution >= 4 is 27.5 Å². The van der Waals surface area contributed by atoms with Crippen LogP contribution in [0, 0.1) is 12.8 Å². The summed E-state index contributed by atoms with van der Waals surface area (Å²) in [5, 5.41) is 3.31. The monoisotopic (exact) mass is 402 g/mol. The zero-order valence-corrected chi connectivity index (χ0v) is 16.9. The standard InChI is InChI=1S/C18H27ClN2O4S/c1-3-25-12-4-9-20-18(22)15-7-10-21(11-8-15)26(23,24)17-13-16(19)6-5-14(17)2/h5-6,13,15H,3-4,7-12H2,1-2H3,(H,20,22). The third-order valence-corrected chi connectivity index (χ3v) is 6.84. The molecule has 1 N–H and O–H groups in total. The van der Waals surface area contributed by atoms with Crippen molar-refractivity contribution in [1.29, 1.82) is 0 Å². The summed E-state index contributed by atoms with van der Waals surface area (Å²) in [5.74, 6) is -0.147. The lowest BCUT2D eigenvalue weighted by molar-refractivity contribution is -0.126. The van der Waals surface area contributed by atoms with Crippen molar-refractivity contribution in [3.05, 3.63) is 28.8 Å². The van der Waals surface area contributed by atoms with Crippen LogP contribution in [-0.4, -0.2) is 51.5 Å². The topological polar surface area (TPSA) is 75.7 Å². The molecule has 1 aromatic rings. The first kappa shape index (κ1) is 21.2. The first-order valence-corrected chi connectivity index (χ1v) is 10.8. The van der Waals surface area contributed by atoms with Gasteiger partial charge >= 0.3 is 0 Å². The molecule has 0 bridgehead atoms. The molecule has 0 aromatic heterocycles. The summed E-state index contributed by atoms with van der Waals surface area (Å²) in [6.07, 6.45) is 1.83. The van der Waals surface area contributed by atoms with E-state index < -0.39 is 10.0 Å². The first-order valence-electron chi connectivity index (χ1n) is 8.98. The van der Waals surface area contributed by atoms with Crippen molar-refractivity contribution in [3.63, 3.8) is 0 Å². The van der Waals surface area contributed by atoms with E-state index in [2.05, 4.69) is 5.32 Å². The SMILES string of the molecule is CCOCCCNC(=O)C1CCN(S(=O)(=O)c2cc(Cl)ccc2C)CC1. The van der Waals surface area contributed by atoms with E-state index in [1.165, 1.54) is 10.4 Å². The second kappa shape index (κ2) is 9.69. The smallest absolute Gasteiger partial charge is 0.243 e. The van der Waals surface area contributed by atoms with E-state index in [9.17, 15) is 13.2 Å². The number of amides is 1. The van der Waals surface area contributed by atoms with Crippen molar-refractivity contribution in [3.8, 4) is 0 Å². The maximum atomic E-state index is 12.9. The number of nitrogens with one attached hydrogen (secondary N) is 1. The summed E-state index contributed by atoms with van der Waals surface area (Å²) in [4.78, 5) is 12.5. The van der Waals surface area contributed by atoms with Gasteiger partial charge < -0.3 is 10.1 Å². The summed E-state index contributed by atoms with van der Waals surface area (Å²) in [6.45, 7) is 6.26. The normalized spacial score (nSPS) is 16.6. The van der Waals surface area contributed by atoms with Crippen LogP contribution < -0.4 is 5.32 Å². The largest absolute Gasteiger partial charge is 0.382 e. The Morgan fingerprint density at radius 3 is 2.69 bits per heavy atom. The highest BCUT2D eigenvalue weighted by molar-refractivity contribution is 7.89. The predicted molar refractivity (Wildman–Crippen MR) is 102 cm³/mol. The lowest BCUT2D eigenvalue weighted by atomic mass is 9.97. The second-order valence-electron chi connectivity index (χ2n) is 6.43. The van der Waals surface area contributed by atoms with Crippen LogP contribution in [0.2, 0.25) is 5.02 Å². The van der Waals surface area contributed by atoms with Crippen molar-refractivity contribution in [1.82, 2.24) is 9.62 Å². The van der Waals surface area contributed by atoms with Gasteiger partial charge in [0.05, 0.1) is 4.90 Å². The minimum Gasteiger partial charge on any atom is -0.382 e. The van der Waals surface area contributed by atoms with Crippen LogP contribution in [-0.2, 0) is 19.6 Å². The Balaban J connectivity index is 1.89. The molecule has 146 valence electrons. The minimum absolute atomic E-state index is 0.00233. The predicted octanol–water partition coefficient (Wildman–Crippen LogP) is 2.59. The summed E-state index contributed by atoms with van der Waals surface area (Å²) in [6, 6.07) is 4.87. The molecule has 1 fully saturated rings. The molecule has 1 heterocycles. The van der Waals surface area contributed by atoms with E-state index >= 15 is 0 Å². The number of hydrogen-bond donors (Lipinski definition) is 1. The number of halogens is 1. The molecular formula is C18H27ClN2O4S. The molecule has 26 heavy (non-hydrogen) atoms. The van der Waals surface area contributed by atoms with E-state index in [4.69, 9.17) is 16.3 Å². The van der Waals surface area contributed by atoms with Gasteiger partial charge in [0.15, 0.2) is 0 Å². The summed E-state index contributed by atoms with van der Waals surface area (Å²) >= 11 is 5.96. The van der Waals surface area contributed by atoms with Crippen molar-refractivity contribution in [2.24, 2.45) is 5.92 Å². The number of ether oxygens (including phenoxy) is 1. The van der Waals surface area contributed by atoms with Gasteiger partial charge in [-0.15, -0.1) is 0 Å². The Labute approximate surface area is 160 Å². The van der Waals surface area contributed by atoms with E-state index in [1.54, 1.807) is 19.1 Å². The fourth-order valence-corrected chi connectivity index (χ4v) is 4.98. The quantitative estimate of drug-likeness (QED) is 0.678. The second-order valence-corrected chi connectivity index (χ2v) is 8.77. The maximum absolute atomic E-state index is 12.9.